The monoisotopic (exact) mass is 507 g/mol. The van der Waals surface area contributed by atoms with Gasteiger partial charge in [-0.15, -0.1) is 5.10 Å². The first-order valence-corrected chi connectivity index (χ1v) is 12.9. The van der Waals surface area contributed by atoms with Gasteiger partial charge in [0.1, 0.15) is 17.3 Å². The van der Waals surface area contributed by atoms with Crippen molar-refractivity contribution < 1.29 is 22.7 Å². The third-order valence-electron chi connectivity index (χ3n) is 6.41. The fraction of sp³-hybridized carbons (Fsp3) is 0.280. The molecule has 186 valence electrons. The lowest BCUT2D eigenvalue weighted by molar-refractivity contribution is -0.140. The van der Waals surface area contributed by atoms with E-state index in [4.69, 9.17) is 9.47 Å². The highest BCUT2D eigenvalue weighted by Crippen LogP contribution is 2.33. The maximum atomic E-state index is 13.4. The number of sulfonamides is 1. The zero-order chi connectivity index (χ0) is 25.3. The van der Waals surface area contributed by atoms with Crippen LogP contribution in [0.5, 0.6) is 5.75 Å². The van der Waals surface area contributed by atoms with Crippen LogP contribution in [0.1, 0.15) is 34.6 Å². The summed E-state index contributed by atoms with van der Waals surface area (Å²) in [5, 5.41) is 11.6. The third-order valence-corrected chi connectivity index (χ3v) is 8.30. The van der Waals surface area contributed by atoms with Gasteiger partial charge in [-0.25, -0.2) is 12.9 Å². The van der Waals surface area contributed by atoms with Crippen molar-refractivity contribution >= 4 is 21.6 Å². The van der Waals surface area contributed by atoms with Crippen molar-refractivity contribution in [2.24, 2.45) is 0 Å². The van der Waals surface area contributed by atoms with Gasteiger partial charge in [0.25, 0.3) is 0 Å². The number of fused-ring (bicyclic) bond motifs is 2. The number of para-hydroxylation sites is 1. The second-order valence-corrected chi connectivity index (χ2v) is 10.5. The number of hydrogen-bond donors (Lipinski definition) is 0. The SMILES string of the molecule is COC(=O)CC(c1ccc(C)c(CN2CCOc3ccccc3S2(=O)=O)c1)c1ccn2nnnc2c1. The van der Waals surface area contributed by atoms with E-state index < -0.39 is 10.0 Å². The molecule has 0 radical (unpaired) electrons. The molecule has 0 spiro atoms. The van der Waals surface area contributed by atoms with Crippen LogP contribution < -0.4 is 4.74 Å². The molecule has 1 atom stereocenters. The van der Waals surface area contributed by atoms with E-state index in [-0.39, 0.29) is 42.9 Å². The van der Waals surface area contributed by atoms with Crippen molar-refractivity contribution in [2.75, 3.05) is 20.3 Å². The second-order valence-electron chi connectivity index (χ2n) is 8.59. The Kier molecular flexibility index (Phi) is 6.42. The van der Waals surface area contributed by atoms with Crippen molar-refractivity contribution in [3.05, 3.63) is 83.0 Å². The topological polar surface area (TPSA) is 116 Å². The van der Waals surface area contributed by atoms with Gasteiger partial charge < -0.3 is 9.47 Å². The average Bonchev–Trinajstić information content (AvgIpc) is 3.31. The number of nitrogens with zero attached hydrogens (tertiary/aromatic N) is 5. The van der Waals surface area contributed by atoms with E-state index >= 15 is 0 Å². The summed E-state index contributed by atoms with van der Waals surface area (Å²) in [6.45, 7) is 2.60. The van der Waals surface area contributed by atoms with Gasteiger partial charge >= 0.3 is 5.97 Å². The molecule has 0 saturated heterocycles. The Labute approximate surface area is 208 Å². The Morgan fingerprint density at radius 2 is 1.94 bits per heavy atom. The Bertz CT molecular complexity index is 1530. The van der Waals surface area contributed by atoms with Gasteiger partial charge in [0.15, 0.2) is 5.65 Å². The van der Waals surface area contributed by atoms with E-state index in [9.17, 15) is 13.2 Å². The van der Waals surface area contributed by atoms with E-state index in [2.05, 4.69) is 15.5 Å². The van der Waals surface area contributed by atoms with Gasteiger partial charge in [0.2, 0.25) is 10.0 Å². The molecule has 0 aliphatic carbocycles. The van der Waals surface area contributed by atoms with Crippen LogP contribution in [0.2, 0.25) is 0 Å². The number of aryl methyl sites for hydroxylation is 1. The van der Waals surface area contributed by atoms with E-state index in [1.807, 2.05) is 37.3 Å². The summed E-state index contributed by atoms with van der Waals surface area (Å²) < 4.78 is 40.5. The predicted molar refractivity (Wildman–Crippen MR) is 130 cm³/mol. The van der Waals surface area contributed by atoms with Gasteiger partial charge in [-0.05, 0) is 63.9 Å². The van der Waals surface area contributed by atoms with Crippen LogP contribution in [0.3, 0.4) is 0 Å². The molecule has 10 nitrogen and oxygen atoms in total. The second kappa shape index (κ2) is 9.67. The largest absolute Gasteiger partial charge is 0.491 e. The lowest BCUT2D eigenvalue weighted by Crippen LogP contribution is -2.32. The molecule has 1 aliphatic rings. The van der Waals surface area contributed by atoms with Crippen LogP contribution in [0.4, 0.5) is 0 Å². The van der Waals surface area contributed by atoms with Crippen molar-refractivity contribution in [1.82, 2.24) is 24.3 Å². The molecule has 0 N–H and O–H groups in total. The number of hydrogen-bond acceptors (Lipinski definition) is 8. The van der Waals surface area contributed by atoms with Crippen LogP contribution >= 0.6 is 0 Å². The van der Waals surface area contributed by atoms with Gasteiger partial charge in [-0.3, -0.25) is 4.79 Å². The first-order valence-electron chi connectivity index (χ1n) is 11.4. The number of aromatic nitrogens is 4. The Hall–Kier alpha value is -3.83. The van der Waals surface area contributed by atoms with E-state index in [1.54, 1.807) is 35.0 Å². The van der Waals surface area contributed by atoms with Crippen molar-refractivity contribution in [3.63, 3.8) is 0 Å². The highest BCUT2D eigenvalue weighted by molar-refractivity contribution is 7.89. The molecule has 2 aromatic carbocycles. The smallest absolute Gasteiger partial charge is 0.306 e. The minimum Gasteiger partial charge on any atom is -0.491 e. The zero-order valence-electron chi connectivity index (χ0n) is 19.9. The summed E-state index contributed by atoms with van der Waals surface area (Å²) >= 11 is 0. The molecule has 36 heavy (non-hydrogen) atoms. The summed E-state index contributed by atoms with van der Waals surface area (Å²) in [6, 6.07) is 16.2. The van der Waals surface area contributed by atoms with Crippen LogP contribution in [0.25, 0.3) is 5.65 Å². The molecule has 11 heteroatoms. The highest BCUT2D eigenvalue weighted by atomic mass is 32.2. The fourth-order valence-electron chi connectivity index (χ4n) is 4.38. The highest BCUT2D eigenvalue weighted by Gasteiger charge is 2.31. The molecule has 1 unspecified atom stereocenters. The minimum absolute atomic E-state index is 0.111. The number of benzene rings is 2. The lowest BCUT2D eigenvalue weighted by atomic mass is 9.87. The summed E-state index contributed by atoms with van der Waals surface area (Å²) in [5.74, 6) is -0.323. The Balaban J connectivity index is 1.51. The average molecular weight is 508 g/mol. The number of tetrazole rings is 1. The fourth-order valence-corrected chi connectivity index (χ4v) is 5.92. The normalized spacial score (nSPS) is 16.1. The zero-order valence-corrected chi connectivity index (χ0v) is 20.7. The maximum absolute atomic E-state index is 13.4. The molecular formula is C25H25N5O5S. The van der Waals surface area contributed by atoms with Crippen molar-refractivity contribution in [2.45, 2.75) is 30.7 Å². The van der Waals surface area contributed by atoms with Crippen molar-refractivity contribution in [3.8, 4) is 5.75 Å². The molecule has 0 saturated carbocycles. The van der Waals surface area contributed by atoms with E-state index in [0.29, 0.717) is 11.4 Å². The number of esters is 1. The molecule has 3 heterocycles. The maximum Gasteiger partial charge on any atom is 0.306 e. The van der Waals surface area contributed by atoms with Gasteiger partial charge in [-0.2, -0.15) is 4.31 Å². The quantitative estimate of drug-likeness (QED) is 0.366. The van der Waals surface area contributed by atoms with Gasteiger partial charge in [0, 0.05) is 25.2 Å². The Morgan fingerprint density at radius 1 is 1.14 bits per heavy atom. The number of carbonyl (C=O) groups excluding carboxylic acids is 1. The molecule has 4 aromatic rings. The minimum atomic E-state index is -3.75. The van der Waals surface area contributed by atoms with Crippen LogP contribution in [-0.4, -0.2) is 59.0 Å². The van der Waals surface area contributed by atoms with E-state index in [1.165, 1.54) is 11.4 Å². The number of carbonyl (C=O) groups is 1. The third kappa shape index (κ3) is 4.54. The predicted octanol–water partition coefficient (Wildman–Crippen LogP) is 2.71. The van der Waals surface area contributed by atoms with Crippen LogP contribution in [0, 0.1) is 6.92 Å². The number of pyridine rings is 1. The molecular weight excluding hydrogens is 482 g/mol. The summed E-state index contributed by atoms with van der Waals surface area (Å²) in [6.07, 6.45) is 1.85. The number of ether oxygens (including phenoxy) is 2. The number of methoxy groups -OCH3 is 1. The van der Waals surface area contributed by atoms with Crippen LogP contribution in [-0.2, 0) is 26.1 Å². The molecule has 2 aromatic heterocycles. The summed E-state index contributed by atoms with van der Waals surface area (Å²) in [5.41, 5.74) is 4.06. The lowest BCUT2D eigenvalue weighted by Gasteiger charge is -2.23. The first kappa shape index (κ1) is 23.9. The first-order chi connectivity index (χ1) is 17.4. The van der Waals surface area contributed by atoms with Gasteiger partial charge in [-0.1, -0.05) is 30.3 Å². The summed E-state index contributed by atoms with van der Waals surface area (Å²) in [4.78, 5) is 12.5. The molecule has 0 fully saturated rings. The van der Waals surface area contributed by atoms with Gasteiger partial charge in [0.05, 0.1) is 13.5 Å². The van der Waals surface area contributed by atoms with Crippen molar-refractivity contribution in [1.29, 1.82) is 0 Å². The molecule has 5 rings (SSSR count). The molecule has 0 bridgehead atoms. The molecule has 1 aliphatic heterocycles. The standard InChI is InChI=1S/C25H25N5O5S/c1-17-7-8-18(21(15-25(31)34-2)19-9-10-30-24(14-19)26-27-28-30)13-20(17)16-29-11-12-35-22-5-3-4-6-23(22)36(29,32)33/h3-10,13-14,21H,11-12,15-16H2,1-2H3. The summed E-state index contributed by atoms with van der Waals surface area (Å²) in [7, 11) is -2.39. The van der Waals surface area contributed by atoms with Crippen LogP contribution in [0.15, 0.2) is 65.7 Å². The Morgan fingerprint density at radius 3 is 2.78 bits per heavy atom. The number of rotatable bonds is 6. The molecule has 0 amide bonds. The van der Waals surface area contributed by atoms with E-state index in [0.717, 1.165) is 22.3 Å².